The maximum Gasteiger partial charge on any atom is 0.264 e. The van der Waals surface area contributed by atoms with Crippen LogP contribution < -0.4 is 14.4 Å². The van der Waals surface area contributed by atoms with Gasteiger partial charge in [0.2, 0.25) is 11.8 Å². The number of rotatable bonds is 15. The number of nitrogens with zero attached hydrogens (tertiary/aromatic N) is 2. The molecule has 1 unspecified atom stereocenters. The van der Waals surface area contributed by atoms with Crippen molar-refractivity contribution in [1.82, 2.24) is 10.2 Å². The molecular formula is C35H37Cl2N3O5S. The zero-order valence-electron chi connectivity index (χ0n) is 25.7. The van der Waals surface area contributed by atoms with E-state index in [1.165, 1.54) is 24.1 Å². The lowest BCUT2D eigenvalue weighted by Gasteiger charge is -2.34. The Bertz CT molecular complexity index is 1690. The van der Waals surface area contributed by atoms with Crippen LogP contribution in [0.15, 0.2) is 108 Å². The number of ether oxygens (including phenoxy) is 1. The number of hydrogen-bond donors (Lipinski definition) is 1. The number of anilines is 1. The maximum absolute atomic E-state index is 14.5. The highest BCUT2D eigenvalue weighted by atomic mass is 35.5. The lowest BCUT2D eigenvalue weighted by molar-refractivity contribution is -0.140. The fraction of sp³-hybridized carbons (Fsp3) is 0.257. The quantitative estimate of drug-likeness (QED) is 0.140. The number of amides is 2. The van der Waals surface area contributed by atoms with Crippen LogP contribution in [0.3, 0.4) is 0 Å². The number of nitrogens with one attached hydrogen (secondary N) is 1. The zero-order chi connectivity index (χ0) is 33.1. The highest BCUT2D eigenvalue weighted by Gasteiger charge is 2.35. The van der Waals surface area contributed by atoms with Crippen molar-refractivity contribution < 1.29 is 22.7 Å². The smallest absolute Gasteiger partial charge is 0.264 e. The van der Waals surface area contributed by atoms with Crippen molar-refractivity contribution in [2.45, 2.75) is 43.7 Å². The number of carbonyl (C=O) groups is 2. The number of carbonyl (C=O) groups excluding carboxylic acids is 2. The Morgan fingerprint density at radius 2 is 1.46 bits per heavy atom. The van der Waals surface area contributed by atoms with Gasteiger partial charge in [0, 0.05) is 35.1 Å². The van der Waals surface area contributed by atoms with Gasteiger partial charge in [-0.1, -0.05) is 91.1 Å². The normalized spacial score (nSPS) is 11.8. The molecule has 0 saturated heterocycles. The van der Waals surface area contributed by atoms with Crippen molar-refractivity contribution in [2.24, 2.45) is 0 Å². The van der Waals surface area contributed by atoms with Gasteiger partial charge in [0.05, 0.1) is 17.7 Å². The summed E-state index contributed by atoms with van der Waals surface area (Å²) in [6, 6.07) is 27.6. The van der Waals surface area contributed by atoms with Crippen LogP contribution in [0, 0.1) is 0 Å². The summed E-state index contributed by atoms with van der Waals surface area (Å²) < 4.78 is 34.5. The Labute approximate surface area is 280 Å². The summed E-state index contributed by atoms with van der Waals surface area (Å²) in [6.45, 7) is 1.73. The van der Waals surface area contributed by atoms with Crippen LogP contribution in [0.1, 0.15) is 30.9 Å². The third kappa shape index (κ3) is 8.81. The van der Waals surface area contributed by atoms with Crippen molar-refractivity contribution in [3.8, 4) is 5.75 Å². The SMILES string of the molecule is CCCCNC(=O)C(Cc1ccccc1)N(Cc1c(Cl)cccc1Cl)C(=O)CN(c1ccccc1)S(=O)(=O)c1ccc(OC)cc1. The van der Waals surface area contributed by atoms with Crippen LogP contribution in [-0.4, -0.2) is 51.4 Å². The molecule has 4 rings (SSSR count). The molecule has 11 heteroatoms. The first-order chi connectivity index (χ1) is 22.1. The fourth-order valence-electron chi connectivity index (χ4n) is 4.91. The second-order valence-electron chi connectivity index (χ2n) is 10.6. The van der Waals surface area contributed by atoms with E-state index in [9.17, 15) is 18.0 Å². The van der Waals surface area contributed by atoms with Crippen molar-refractivity contribution in [2.75, 3.05) is 24.5 Å². The Balaban J connectivity index is 1.80. The van der Waals surface area contributed by atoms with E-state index < -0.39 is 28.5 Å². The van der Waals surface area contributed by atoms with Gasteiger partial charge in [-0.3, -0.25) is 13.9 Å². The van der Waals surface area contributed by atoms with Gasteiger partial charge in [0.25, 0.3) is 10.0 Å². The van der Waals surface area contributed by atoms with Crippen molar-refractivity contribution in [1.29, 1.82) is 0 Å². The molecule has 0 saturated carbocycles. The topological polar surface area (TPSA) is 96.0 Å². The van der Waals surface area contributed by atoms with Gasteiger partial charge in [-0.2, -0.15) is 0 Å². The monoisotopic (exact) mass is 681 g/mol. The van der Waals surface area contributed by atoms with Crippen LogP contribution in [0.2, 0.25) is 10.0 Å². The van der Waals surface area contributed by atoms with Gasteiger partial charge in [-0.05, 0) is 60.5 Å². The lowest BCUT2D eigenvalue weighted by Crippen LogP contribution is -2.53. The molecule has 0 bridgehead atoms. The molecule has 0 radical (unpaired) electrons. The first kappa shape index (κ1) is 34.8. The van der Waals surface area contributed by atoms with E-state index in [0.717, 1.165) is 22.7 Å². The largest absolute Gasteiger partial charge is 0.497 e. The van der Waals surface area contributed by atoms with Gasteiger partial charge < -0.3 is 15.0 Å². The minimum atomic E-state index is -4.24. The van der Waals surface area contributed by atoms with Crippen molar-refractivity contribution in [3.05, 3.63) is 124 Å². The van der Waals surface area contributed by atoms with E-state index in [1.807, 2.05) is 37.3 Å². The molecule has 0 heterocycles. The van der Waals surface area contributed by atoms with Crippen LogP contribution >= 0.6 is 23.2 Å². The average Bonchev–Trinajstić information content (AvgIpc) is 3.07. The number of para-hydroxylation sites is 1. The first-order valence-corrected chi connectivity index (χ1v) is 17.1. The van der Waals surface area contributed by atoms with Crippen LogP contribution in [0.25, 0.3) is 0 Å². The van der Waals surface area contributed by atoms with E-state index in [1.54, 1.807) is 60.7 Å². The van der Waals surface area contributed by atoms with Gasteiger partial charge in [-0.25, -0.2) is 8.42 Å². The predicted octanol–water partition coefficient (Wildman–Crippen LogP) is 6.75. The molecule has 1 atom stereocenters. The Morgan fingerprint density at radius 3 is 2.04 bits per heavy atom. The molecule has 8 nitrogen and oxygen atoms in total. The summed E-state index contributed by atoms with van der Waals surface area (Å²) in [7, 11) is -2.75. The minimum Gasteiger partial charge on any atom is -0.497 e. The lowest BCUT2D eigenvalue weighted by atomic mass is 10.0. The summed E-state index contributed by atoms with van der Waals surface area (Å²) in [5.74, 6) is -0.483. The van der Waals surface area contributed by atoms with Crippen molar-refractivity contribution >= 4 is 50.7 Å². The van der Waals surface area contributed by atoms with E-state index >= 15 is 0 Å². The summed E-state index contributed by atoms with van der Waals surface area (Å²) >= 11 is 13.1. The molecule has 0 aliphatic heterocycles. The second-order valence-corrected chi connectivity index (χ2v) is 13.3. The minimum absolute atomic E-state index is 0.0243. The van der Waals surface area contributed by atoms with Gasteiger partial charge in [0.1, 0.15) is 18.3 Å². The molecule has 46 heavy (non-hydrogen) atoms. The Morgan fingerprint density at radius 1 is 0.848 bits per heavy atom. The molecule has 4 aromatic rings. The Kier molecular flexibility index (Phi) is 12.5. The van der Waals surface area contributed by atoms with E-state index in [-0.39, 0.29) is 29.5 Å². The molecule has 2 amide bonds. The Hall–Kier alpha value is -4.05. The molecule has 1 N–H and O–H groups in total. The van der Waals surface area contributed by atoms with Gasteiger partial charge >= 0.3 is 0 Å². The fourth-order valence-corrected chi connectivity index (χ4v) is 6.84. The number of sulfonamides is 1. The summed E-state index contributed by atoms with van der Waals surface area (Å²) in [5.41, 5.74) is 1.56. The molecule has 0 aliphatic rings. The summed E-state index contributed by atoms with van der Waals surface area (Å²) in [4.78, 5) is 29.7. The number of hydrogen-bond acceptors (Lipinski definition) is 5. The molecule has 0 fully saturated rings. The molecule has 242 valence electrons. The van der Waals surface area contributed by atoms with Crippen LogP contribution in [-0.2, 0) is 32.6 Å². The second kappa shape index (κ2) is 16.5. The van der Waals surface area contributed by atoms with Crippen LogP contribution in [0.4, 0.5) is 5.69 Å². The van der Waals surface area contributed by atoms with Gasteiger partial charge in [0.15, 0.2) is 0 Å². The molecule has 0 aromatic heterocycles. The maximum atomic E-state index is 14.5. The molecular weight excluding hydrogens is 645 g/mol. The summed E-state index contributed by atoms with van der Waals surface area (Å²) in [6.07, 6.45) is 1.82. The zero-order valence-corrected chi connectivity index (χ0v) is 28.1. The first-order valence-electron chi connectivity index (χ1n) is 14.9. The number of halogens is 2. The average molecular weight is 683 g/mol. The summed E-state index contributed by atoms with van der Waals surface area (Å²) in [5, 5.41) is 3.60. The standard InChI is InChI=1S/C35H37Cl2N3O5S/c1-3-4-22-38-35(42)33(23-26-12-7-5-8-13-26)39(24-30-31(36)16-11-17-32(30)37)34(41)25-40(27-14-9-6-10-15-27)46(43,44)29-20-18-28(45-2)19-21-29/h5-21,33H,3-4,22-25H2,1-2H3,(H,38,42). The number of methoxy groups -OCH3 is 1. The number of unbranched alkanes of at least 4 members (excludes halogenated alkanes) is 1. The third-order valence-corrected chi connectivity index (χ3v) is 9.96. The predicted molar refractivity (Wildman–Crippen MR) is 183 cm³/mol. The highest BCUT2D eigenvalue weighted by molar-refractivity contribution is 7.92. The number of benzene rings is 4. The van der Waals surface area contributed by atoms with Crippen molar-refractivity contribution in [3.63, 3.8) is 0 Å². The molecule has 4 aromatic carbocycles. The van der Waals surface area contributed by atoms with Gasteiger partial charge in [-0.15, -0.1) is 0 Å². The van der Waals surface area contributed by atoms with E-state index in [0.29, 0.717) is 27.9 Å². The van der Waals surface area contributed by atoms with E-state index in [2.05, 4.69) is 5.32 Å². The highest BCUT2D eigenvalue weighted by Crippen LogP contribution is 2.29. The van der Waals surface area contributed by atoms with Crippen LogP contribution in [0.5, 0.6) is 5.75 Å². The molecule has 0 aliphatic carbocycles. The van der Waals surface area contributed by atoms with E-state index in [4.69, 9.17) is 27.9 Å². The third-order valence-electron chi connectivity index (χ3n) is 7.46. The molecule has 0 spiro atoms.